The van der Waals surface area contributed by atoms with Gasteiger partial charge in [0.2, 0.25) is 0 Å². The molecule has 0 amide bonds. The van der Waals surface area contributed by atoms with Gasteiger partial charge in [-0.05, 0) is 19.9 Å². The highest BCUT2D eigenvalue weighted by atomic mass is 35.5. The summed E-state index contributed by atoms with van der Waals surface area (Å²) in [7, 11) is 0. The van der Waals surface area contributed by atoms with Crippen molar-refractivity contribution in [2.24, 2.45) is 0 Å². The summed E-state index contributed by atoms with van der Waals surface area (Å²) in [6.45, 7) is 3.73. The van der Waals surface area contributed by atoms with E-state index in [9.17, 15) is 4.79 Å². The zero-order valence-corrected chi connectivity index (χ0v) is 8.76. The molecule has 0 aliphatic carbocycles. The second kappa shape index (κ2) is 4.28. The predicted octanol–water partition coefficient (Wildman–Crippen LogP) is 1.80. The largest absolute Gasteiger partial charge is 0.462 e. The number of carbonyl (C=O) groups excluding carboxylic acids is 1. The molecule has 1 aromatic heterocycles. The highest BCUT2D eigenvalue weighted by molar-refractivity contribution is 6.31. The first-order valence-electron chi connectivity index (χ1n) is 4.16. The molecule has 0 aliphatic heterocycles. The zero-order valence-electron chi connectivity index (χ0n) is 8.00. The number of rotatable bonds is 2. The molecule has 0 radical (unpaired) electrons. The normalized spacial score (nSPS) is 9.93. The molecule has 5 heteroatoms. The Hall–Kier alpha value is -1.29. The minimum absolute atomic E-state index is 0.204. The topological polar surface area (TPSA) is 65.2 Å². The molecule has 0 fully saturated rings. The van der Waals surface area contributed by atoms with E-state index in [4.69, 9.17) is 22.1 Å². The van der Waals surface area contributed by atoms with Gasteiger partial charge in [-0.2, -0.15) is 0 Å². The fourth-order valence-electron chi connectivity index (χ4n) is 1.01. The van der Waals surface area contributed by atoms with Crippen LogP contribution in [0.15, 0.2) is 6.07 Å². The molecule has 0 bridgehead atoms. The molecule has 0 atom stereocenters. The summed E-state index contributed by atoms with van der Waals surface area (Å²) in [5, 5.41) is 0.204. The molecule has 1 heterocycles. The molecule has 0 saturated carbocycles. The van der Waals surface area contributed by atoms with Crippen molar-refractivity contribution in [3.63, 3.8) is 0 Å². The minimum Gasteiger partial charge on any atom is -0.462 e. The number of ether oxygens (including phenoxy) is 1. The monoisotopic (exact) mass is 214 g/mol. The van der Waals surface area contributed by atoms with Crippen LogP contribution in [0.1, 0.15) is 23.0 Å². The van der Waals surface area contributed by atoms with Crippen LogP contribution in [0.25, 0.3) is 0 Å². The quantitative estimate of drug-likeness (QED) is 0.602. The van der Waals surface area contributed by atoms with Gasteiger partial charge in [-0.1, -0.05) is 11.6 Å². The van der Waals surface area contributed by atoms with Gasteiger partial charge in [0.15, 0.2) is 5.15 Å². The lowest BCUT2D eigenvalue weighted by molar-refractivity contribution is 0.0525. The molecule has 0 aromatic carbocycles. The third-order valence-corrected chi connectivity index (χ3v) is 1.99. The number of aryl methyl sites for hydroxylation is 1. The van der Waals surface area contributed by atoms with Gasteiger partial charge in [0.1, 0.15) is 0 Å². The summed E-state index contributed by atoms with van der Waals surface area (Å²) >= 11 is 5.68. The number of hydrogen-bond acceptors (Lipinski definition) is 4. The molecular formula is C9H11ClN2O2. The van der Waals surface area contributed by atoms with Crippen LogP contribution < -0.4 is 5.73 Å². The maximum absolute atomic E-state index is 11.4. The first kappa shape index (κ1) is 10.8. The van der Waals surface area contributed by atoms with E-state index < -0.39 is 5.97 Å². The second-order valence-corrected chi connectivity index (χ2v) is 3.08. The van der Waals surface area contributed by atoms with Gasteiger partial charge in [0.05, 0.1) is 23.6 Å². The molecule has 14 heavy (non-hydrogen) atoms. The Morgan fingerprint density at radius 2 is 2.36 bits per heavy atom. The SMILES string of the molecule is CCOC(=O)c1cc(N)c(Cl)nc1C. The molecule has 0 spiro atoms. The summed E-state index contributed by atoms with van der Waals surface area (Å²) in [5.41, 5.74) is 6.67. The average molecular weight is 215 g/mol. The molecule has 0 aliphatic rings. The molecular weight excluding hydrogens is 204 g/mol. The van der Waals surface area contributed by atoms with Crippen molar-refractivity contribution < 1.29 is 9.53 Å². The highest BCUT2D eigenvalue weighted by Crippen LogP contribution is 2.19. The van der Waals surface area contributed by atoms with Crippen molar-refractivity contribution in [2.75, 3.05) is 12.3 Å². The van der Waals surface area contributed by atoms with Gasteiger partial charge in [0, 0.05) is 0 Å². The van der Waals surface area contributed by atoms with Crippen LogP contribution in [0.2, 0.25) is 5.15 Å². The average Bonchev–Trinajstić information content (AvgIpc) is 2.11. The Morgan fingerprint density at radius 1 is 1.71 bits per heavy atom. The van der Waals surface area contributed by atoms with Gasteiger partial charge in [0.25, 0.3) is 0 Å². The van der Waals surface area contributed by atoms with E-state index in [-0.39, 0.29) is 10.8 Å². The summed E-state index contributed by atoms with van der Waals surface area (Å²) in [6, 6.07) is 1.47. The molecule has 76 valence electrons. The van der Waals surface area contributed by atoms with E-state index in [2.05, 4.69) is 4.98 Å². The lowest BCUT2D eigenvalue weighted by Crippen LogP contribution is -2.09. The fourth-order valence-corrected chi connectivity index (χ4v) is 1.19. The standard InChI is InChI=1S/C9H11ClN2O2/c1-3-14-9(13)6-4-7(11)8(10)12-5(6)2/h4H,3,11H2,1-2H3. The maximum atomic E-state index is 11.4. The minimum atomic E-state index is -0.430. The van der Waals surface area contributed by atoms with Crippen LogP contribution >= 0.6 is 11.6 Å². The van der Waals surface area contributed by atoms with Crippen molar-refractivity contribution >= 4 is 23.3 Å². The maximum Gasteiger partial charge on any atom is 0.340 e. The van der Waals surface area contributed by atoms with Crippen molar-refractivity contribution in [3.05, 3.63) is 22.5 Å². The second-order valence-electron chi connectivity index (χ2n) is 2.72. The Morgan fingerprint density at radius 3 is 2.93 bits per heavy atom. The first-order chi connectivity index (χ1) is 6.56. The number of nitrogens with two attached hydrogens (primary N) is 1. The number of pyridine rings is 1. The molecule has 2 N–H and O–H groups in total. The van der Waals surface area contributed by atoms with Crippen molar-refractivity contribution in [1.82, 2.24) is 4.98 Å². The van der Waals surface area contributed by atoms with E-state index in [0.717, 1.165) is 0 Å². The smallest absolute Gasteiger partial charge is 0.340 e. The lowest BCUT2D eigenvalue weighted by Gasteiger charge is -2.06. The van der Waals surface area contributed by atoms with Gasteiger partial charge < -0.3 is 10.5 Å². The first-order valence-corrected chi connectivity index (χ1v) is 4.53. The van der Waals surface area contributed by atoms with Crippen LogP contribution in [0.3, 0.4) is 0 Å². The lowest BCUT2D eigenvalue weighted by atomic mass is 10.2. The molecule has 1 aromatic rings. The number of nitrogen functional groups attached to an aromatic ring is 1. The van der Waals surface area contributed by atoms with Gasteiger partial charge >= 0.3 is 5.97 Å². The number of hydrogen-bond donors (Lipinski definition) is 1. The van der Waals surface area contributed by atoms with Crippen LogP contribution in [0.4, 0.5) is 5.69 Å². The van der Waals surface area contributed by atoms with Crippen LogP contribution in [-0.4, -0.2) is 17.6 Å². The van der Waals surface area contributed by atoms with Crippen molar-refractivity contribution in [2.45, 2.75) is 13.8 Å². The van der Waals surface area contributed by atoms with Crippen molar-refractivity contribution in [1.29, 1.82) is 0 Å². The van der Waals surface area contributed by atoms with Crippen LogP contribution in [0, 0.1) is 6.92 Å². The van der Waals surface area contributed by atoms with Crippen molar-refractivity contribution in [3.8, 4) is 0 Å². The number of halogens is 1. The van der Waals surface area contributed by atoms with E-state index in [0.29, 0.717) is 17.9 Å². The Balaban J connectivity index is 3.09. The summed E-state index contributed by atoms with van der Waals surface area (Å²) < 4.78 is 4.83. The zero-order chi connectivity index (χ0) is 10.7. The van der Waals surface area contributed by atoms with Crippen LogP contribution in [0.5, 0.6) is 0 Å². The Bertz CT molecular complexity index is 366. The third-order valence-electron chi connectivity index (χ3n) is 1.69. The third kappa shape index (κ3) is 2.14. The van der Waals surface area contributed by atoms with E-state index in [1.54, 1.807) is 13.8 Å². The van der Waals surface area contributed by atoms with Gasteiger partial charge in [-0.25, -0.2) is 9.78 Å². The summed E-state index contributed by atoms with van der Waals surface area (Å²) in [4.78, 5) is 15.3. The predicted molar refractivity (Wildman–Crippen MR) is 54.4 cm³/mol. The Kier molecular flexibility index (Phi) is 3.30. The molecule has 0 saturated heterocycles. The van der Waals surface area contributed by atoms with E-state index >= 15 is 0 Å². The van der Waals surface area contributed by atoms with E-state index in [1.165, 1.54) is 6.07 Å². The number of aromatic nitrogens is 1. The number of anilines is 1. The summed E-state index contributed by atoms with van der Waals surface area (Å²) in [5.74, 6) is -0.430. The molecule has 0 unspecified atom stereocenters. The van der Waals surface area contributed by atoms with Gasteiger partial charge in [-0.15, -0.1) is 0 Å². The summed E-state index contributed by atoms with van der Waals surface area (Å²) in [6.07, 6.45) is 0. The van der Waals surface area contributed by atoms with Gasteiger partial charge in [-0.3, -0.25) is 0 Å². The number of carbonyl (C=O) groups is 1. The number of esters is 1. The Labute approximate surface area is 87.0 Å². The number of nitrogens with zero attached hydrogens (tertiary/aromatic N) is 1. The van der Waals surface area contributed by atoms with Crippen LogP contribution in [-0.2, 0) is 4.74 Å². The molecule has 1 rings (SSSR count). The van der Waals surface area contributed by atoms with E-state index in [1.807, 2.05) is 0 Å². The molecule has 4 nitrogen and oxygen atoms in total. The highest BCUT2D eigenvalue weighted by Gasteiger charge is 2.13. The fraction of sp³-hybridized carbons (Fsp3) is 0.333.